The maximum absolute atomic E-state index is 4.11. The van der Waals surface area contributed by atoms with E-state index >= 15 is 0 Å². The molecule has 0 spiro atoms. The molecule has 0 N–H and O–H groups in total. The van der Waals surface area contributed by atoms with Crippen molar-refractivity contribution in [2.24, 2.45) is 0 Å². The van der Waals surface area contributed by atoms with Crippen molar-refractivity contribution in [3.8, 4) is 0 Å². The Morgan fingerprint density at radius 2 is 1.91 bits per heavy atom. The van der Waals surface area contributed by atoms with Crippen molar-refractivity contribution in [2.75, 3.05) is 4.43 Å². The highest BCUT2D eigenvalue weighted by atomic mass is 127. The molecule has 66 valence electrons. The zero-order chi connectivity index (χ0) is 8.91. The molecule has 0 aromatic rings. The van der Waals surface area contributed by atoms with Gasteiger partial charge >= 0.3 is 0 Å². The molecule has 0 nitrogen and oxygen atoms in total. The Kier molecular flexibility index (Phi) is 5.69. The highest BCUT2D eigenvalue weighted by Crippen LogP contribution is 2.18. The maximum Gasteiger partial charge on any atom is 0.0483 e. The van der Waals surface area contributed by atoms with Gasteiger partial charge in [0.2, 0.25) is 0 Å². The van der Waals surface area contributed by atoms with Gasteiger partial charge in [-0.15, -0.1) is 6.58 Å². The van der Waals surface area contributed by atoms with Gasteiger partial charge in [0.05, 0.1) is 0 Å². The SMILES string of the molecule is C=C(CCCI)C[Si](C)(C)C. The van der Waals surface area contributed by atoms with Gasteiger partial charge in [-0.05, 0) is 23.3 Å². The highest BCUT2D eigenvalue weighted by Gasteiger charge is 2.13. The molecule has 0 aliphatic carbocycles. The number of alkyl halides is 1. The second-order valence-electron chi connectivity index (χ2n) is 4.28. The lowest BCUT2D eigenvalue weighted by atomic mass is 10.2. The van der Waals surface area contributed by atoms with Gasteiger partial charge in [0, 0.05) is 8.07 Å². The molecule has 0 amide bonds. The van der Waals surface area contributed by atoms with Crippen LogP contribution in [0.5, 0.6) is 0 Å². The molecule has 0 fully saturated rings. The smallest absolute Gasteiger partial charge is 0.0483 e. The topological polar surface area (TPSA) is 0 Å². The molecule has 2 heteroatoms. The Balaban J connectivity index is 3.53. The summed E-state index contributed by atoms with van der Waals surface area (Å²) >= 11 is 2.43. The summed E-state index contributed by atoms with van der Waals surface area (Å²) in [6.45, 7) is 11.3. The van der Waals surface area contributed by atoms with Crippen LogP contribution in [0.1, 0.15) is 12.8 Å². The van der Waals surface area contributed by atoms with Crippen LogP contribution in [0.2, 0.25) is 25.7 Å². The Labute approximate surface area is 85.6 Å². The standard InChI is InChI=1S/C9H19ISi/c1-9(6-5-7-10)8-11(2,3)4/h1,5-8H2,2-4H3. The van der Waals surface area contributed by atoms with Gasteiger partial charge in [-0.2, -0.15) is 0 Å². The first kappa shape index (κ1) is 11.7. The van der Waals surface area contributed by atoms with Gasteiger partial charge in [-0.3, -0.25) is 0 Å². The summed E-state index contributed by atoms with van der Waals surface area (Å²) in [6, 6.07) is 1.31. The molecule has 0 aromatic carbocycles. The molecule has 0 radical (unpaired) electrons. The Hall–Kier alpha value is 0.687. The van der Waals surface area contributed by atoms with E-state index in [0.29, 0.717) is 0 Å². The van der Waals surface area contributed by atoms with Crippen molar-refractivity contribution < 1.29 is 0 Å². The van der Waals surface area contributed by atoms with Crippen molar-refractivity contribution in [2.45, 2.75) is 38.5 Å². The molecule has 0 aromatic heterocycles. The number of hydrogen-bond acceptors (Lipinski definition) is 0. The third-order valence-electron chi connectivity index (χ3n) is 1.44. The molecular formula is C9H19ISi. The van der Waals surface area contributed by atoms with Crippen LogP contribution in [0, 0.1) is 0 Å². The van der Waals surface area contributed by atoms with E-state index in [1.165, 1.54) is 28.9 Å². The summed E-state index contributed by atoms with van der Waals surface area (Å²) in [5.74, 6) is 0. The molecule has 0 heterocycles. The van der Waals surface area contributed by atoms with Gasteiger partial charge in [-0.1, -0.05) is 47.8 Å². The van der Waals surface area contributed by atoms with E-state index in [1.807, 2.05) is 0 Å². The first-order valence-corrected chi connectivity index (χ1v) is 9.41. The number of allylic oxidation sites excluding steroid dienone is 1. The van der Waals surface area contributed by atoms with Crippen LogP contribution in [0.4, 0.5) is 0 Å². The average Bonchev–Trinajstić information content (AvgIpc) is 1.79. The third kappa shape index (κ3) is 8.59. The highest BCUT2D eigenvalue weighted by molar-refractivity contribution is 14.1. The van der Waals surface area contributed by atoms with E-state index in [4.69, 9.17) is 0 Å². The van der Waals surface area contributed by atoms with Gasteiger partial charge in [0.25, 0.3) is 0 Å². The summed E-state index contributed by atoms with van der Waals surface area (Å²) in [4.78, 5) is 0. The Bertz CT molecular complexity index is 124. The third-order valence-corrected chi connectivity index (χ3v) is 3.77. The Morgan fingerprint density at radius 1 is 1.36 bits per heavy atom. The van der Waals surface area contributed by atoms with E-state index in [2.05, 4.69) is 48.8 Å². The number of rotatable bonds is 5. The molecule has 0 unspecified atom stereocenters. The first-order chi connectivity index (χ1) is 4.95. The fourth-order valence-electron chi connectivity index (χ4n) is 1.16. The zero-order valence-electron chi connectivity index (χ0n) is 7.91. The van der Waals surface area contributed by atoms with Gasteiger partial charge in [0.1, 0.15) is 0 Å². The lowest BCUT2D eigenvalue weighted by molar-refractivity contribution is 0.925. The fraction of sp³-hybridized carbons (Fsp3) is 0.778. The minimum absolute atomic E-state index is 0.872. The second kappa shape index (κ2) is 5.35. The molecule has 0 saturated heterocycles. The van der Waals surface area contributed by atoms with Gasteiger partial charge in [0.15, 0.2) is 0 Å². The van der Waals surface area contributed by atoms with E-state index in [0.717, 1.165) is 0 Å². The quantitative estimate of drug-likeness (QED) is 0.308. The van der Waals surface area contributed by atoms with Crippen molar-refractivity contribution in [1.82, 2.24) is 0 Å². The molecule has 0 aliphatic heterocycles. The molecule has 0 bridgehead atoms. The average molecular weight is 282 g/mol. The van der Waals surface area contributed by atoms with Crippen LogP contribution in [-0.2, 0) is 0 Å². The van der Waals surface area contributed by atoms with Crippen LogP contribution < -0.4 is 0 Å². The van der Waals surface area contributed by atoms with Crippen molar-refractivity contribution in [1.29, 1.82) is 0 Å². The molecule has 11 heavy (non-hydrogen) atoms. The van der Waals surface area contributed by atoms with Gasteiger partial charge in [-0.25, -0.2) is 0 Å². The van der Waals surface area contributed by atoms with Crippen molar-refractivity contribution >= 4 is 30.7 Å². The molecule has 0 aliphatic rings. The maximum atomic E-state index is 4.11. The van der Waals surface area contributed by atoms with E-state index < -0.39 is 8.07 Å². The van der Waals surface area contributed by atoms with Gasteiger partial charge < -0.3 is 0 Å². The second-order valence-corrected chi connectivity index (χ2v) is 10.8. The Morgan fingerprint density at radius 3 is 2.27 bits per heavy atom. The minimum atomic E-state index is -0.872. The first-order valence-electron chi connectivity index (χ1n) is 4.18. The summed E-state index contributed by atoms with van der Waals surface area (Å²) in [5.41, 5.74) is 1.47. The predicted molar refractivity (Wildman–Crippen MR) is 65.4 cm³/mol. The summed E-state index contributed by atoms with van der Waals surface area (Å²) in [6.07, 6.45) is 2.55. The van der Waals surface area contributed by atoms with Crippen LogP contribution in [0.25, 0.3) is 0 Å². The number of halogens is 1. The van der Waals surface area contributed by atoms with E-state index in [-0.39, 0.29) is 0 Å². The monoisotopic (exact) mass is 282 g/mol. The van der Waals surface area contributed by atoms with Crippen LogP contribution >= 0.6 is 22.6 Å². The van der Waals surface area contributed by atoms with Crippen LogP contribution in [0.3, 0.4) is 0 Å². The van der Waals surface area contributed by atoms with Crippen LogP contribution in [0.15, 0.2) is 12.2 Å². The zero-order valence-corrected chi connectivity index (χ0v) is 11.1. The molecule has 0 rings (SSSR count). The van der Waals surface area contributed by atoms with Crippen molar-refractivity contribution in [3.05, 3.63) is 12.2 Å². The molecular weight excluding hydrogens is 263 g/mol. The largest absolute Gasteiger partial charge is 0.100 e. The number of hydrogen-bond donors (Lipinski definition) is 0. The molecule has 0 atom stereocenters. The lowest BCUT2D eigenvalue weighted by Gasteiger charge is -2.17. The fourth-order valence-corrected chi connectivity index (χ4v) is 3.21. The predicted octanol–water partition coefficient (Wildman–Crippen LogP) is 4.10. The molecule has 0 saturated carbocycles. The minimum Gasteiger partial charge on any atom is -0.100 e. The van der Waals surface area contributed by atoms with E-state index in [1.54, 1.807) is 0 Å². The summed E-state index contributed by atoms with van der Waals surface area (Å²) in [5, 5.41) is 0. The summed E-state index contributed by atoms with van der Waals surface area (Å²) < 4.78 is 1.27. The normalized spacial score (nSPS) is 11.6. The van der Waals surface area contributed by atoms with E-state index in [9.17, 15) is 0 Å². The van der Waals surface area contributed by atoms with Crippen molar-refractivity contribution in [3.63, 3.8) is 0 Å². The summed E-state index contributed by atoms with van der Waals surface area (Å²) in [7, 11) is -0.872. The lowest BCUT2D eigenvalue weighted by Crippen LogP contribution is -2.19. The van der Waals surface area contributed by atoms with Crippen LogP contribution in [-0.4, -0.2) is 12.5 Å².